The van der Waals surface area contributed by atoms with E-state index in [1.807, 2.05) is 20.8 Å². The van der Waals surface area contributed by atoms with E-state index in [2.05, 4.69) is 6.07 Å². The van der Waals surface area contributed by atoms with Crippen molar-refractivity contribution in [3.05, 3.63) is 34.9 Å². The fraction of sp³-hybridized carbons (Fsp3) is 0.385. The molecule has 0 heterocycles. The molecule has 1 aromatic carbocycles. The van der Waals surface area contributed by atoms with Crippen LogP contribution in [0.5, 0.6) is 0 Å². The first kappa shape index (κ1) is 12.7. The summed E-state index contributed by atoms with van der Waals surface area (Å²) in [6.07, 6.45) is 0. The number of carbonyl (C=O) groups is 1. The smallest absolute Gasteiger partial charge is 0.159 e. The van der Waals surface area contributed by atoms with Crippen LogP contribution >= 0.6 is 11.6 Å². The molecule has 16 heavy (non-hydrogen) atoms. The number of benzene rings is 1. The summed E-state index contributed by atoms with van der Waals surface area (Å²) in [5.41, 5.74) is 0.187. The largest absolute Gasteiger partial charge is 0.297 e. The molecule has 0 spiro atoms. The Labute approximate surface area is 101 Å². The maximum Gasteiger partial charge on any atom is 0.159 e. The third-order valence-corrected chi connectivity index (χ3v) is 2.59. The van der Waals surface area contributed by atoms with Crippen LogP contribution in [0.25, 0.3) is 0 Å². The van der Waals surface area contributed by atoms with Gasteiger partial charge < -0.3 is 0 Å². The molecular formula is C13H14ClNO. The highest BCUT2D eigenvalue weighted by molar-refractivity contribution is 6.30. The second-order valence-corrected chi connectivity index (χ2v) is 5.16. The lowest BCUT2D eigenvalue weighted by Crippen LogP contribution is -2.26. The quantitative estimate of drug-likeness (QED) is 0.787. The van der Waals surface area contributed by atoms with Crippen LogP contribution in [-0.4, -0.2) is 5.78 Å². The number of ketones is 1. The number of nitrogens with zero attached hydrogens (tertiary/aromatic N) is 1. The number of carbonyl (C=O) groups excluding carboxylic acids is 1. The SMILES string of the molecule is CC(C)(C)C(=O)[C@H](C#N)c1ccc(Cl)cc1. The van der Waals surface area contributed by atoms with Crippen LogP contribution < -0.4 is 0 Å². The van der Waals surface area contributed by atoms with E-state index in [0.29, 0.717) is 10.6 Å². The summed E-state index contributed by atoms with van der Waals surface area (Å²) < 4.78 is 0. The van der Waals surface area contributed by atoms with Gasteiger partial charge in [0.2, 0.25) is 0 Å². The van der Waals surface area contributed by atoms with E-state index >= 15 is 0 Å². The molecule has 1 atom stereocenters. The molecule has 0 N–H and O–H groups in total. The van der Waals surface area contributed by atoms with Crippen molar-refractivity contribution in [2.24, 2.45) is 5.41 Å². The summed E-state index contributed by atoms with van der Waals surface area (Å²) in [7, 11) is 0. The standard InChI is InChI=1S/C13H14ClNO/c1-13(2,3)12(16)11(8-15)9-4-6-10(14)7-5-9/h4-7,11H,1-3H3/t11-/m1/s1. The Balaban J connectivity index is 3.06. The van der Waals surface area contributed by atoms with E-state index in [0.717, 1.165) is 0 Å². The van der Waals surface area contributed by atoms with Gasteiger partial charge >= 0.3 is 0 Å². The Morgan fingerprint density at radius 2 is 1.81 bits per heavy atom. The first-order valence-electron chi connectivity index (χ1n) is 5.05. The van der Waals surface area contributed by atoms with Crippen LogP contribution in [0, 0.1) is 16.7 Å². The first-order chi connectivity index (χ1) is 7.36. The van der Waals surface area contributed by atoms with Gasteiger partial charge in [-0.15, -0.1) is 0 Å². The maximum absolute atomic E-state index is 12.0. The number of hydrogen-bond acceptors (Lipinski definition) is 2. The third kappa shape index (κ3) is 2.84. The van der Waals surface area contributed by atoms with Gasteiger partial charge in [0.15, 0.2) is 5.78 Å². The molecular weight excluding hydrogens is 222 g/mol. The van der Waals surface area contributed by atoms with Crippen molar-refractivity contribution < 1.29 is 4.79 Å². The van der Waals surface area contributed by atoms with E-state index in [1.165, 1.54) is 0 Å². The Kier molecular flexibility index (Phi) is 3.72. The van der Waals surface area contributed by atoms with Gasteiger partial charge in [-0.25, -0.2) is 0 Å². The maximum atomic E-state index is 12.0. The molecule has 0 amide bonds. The lowest BCUT2D eigenvalue weighted by molar-refractivity contribution is -0.126. The fourth-order valence-corrected chi connectivity index (χ4v) is 1.50. The summed E-state index contributed by atoms with van der Waals surface area (Å²) in [5, 5.41) is 9.68. The minimum atomic E-state index is -0.711. The van der Waals surface area contributed by atoms with Crippen molar-refractivity contribution in [1.29, 1.82) is 5.26 Å². The van der Waals surface area contributed by atoms with Crippen molar-refractivity contribution in [1.82, 2.24) is 0 Å². The molecule has 0 radical (unpaired) electrons. The molecule has 3 heteroatoms. The van der Waals surface area contributed by atoms with Crippen LogP contribution in [0.4, 0.5) is 0 Å². The van der Waals surface area contributed by atoms with Crippen molar-refractivity contribution in [3.8, 4) is 6.07 Å². The minimum Gasteiger partial charge on any atom is -0.297 e. The predicted octanol–water partition coefficient (Wildman–Crippen LogP) is 3.56. The zero-order valence-corrected chi connectivity index (χ0v) is 10.4. The molecule has 0 aromatic heterocycles. The number of hydrogen-bond donors (Lipinski definition) is 0. The molecule has 2 nitrogen and oxygen atoms in total. The molecule has 0 aliphatic carbocycles. The van der Waals surface area contributed by atoms with Gasteiger partial charge in [-0.2, -0.15) is 5.26 Å². The second-order valence-electron chi connectivity index (χ2n) is 4.73. The number of nitriles is 1. The van der Waals surface area contributed by atoms with Crippen molar-refractivity contribution >= 4 is 17.4 Å². The van der Waals surface area contributed by atoms with E-state index in [9.17, 15) is 4.79 Å². The molecule has 0 unspecified atom stereocenters. The topological polar surface area (TPSA) is 40.9 Å². The molecule has 0 saturated carbocycles. The highest BCUT2D eigenvalue weighted by atomic mass is 35.5. The molecule has 0 aliphatic rings. The average Bonchev–Trinajstić information content (AvgIpc) is 2.20. The minimum absolute atomic E-state index is 0.0719. The van der Waals surface area contributed by atoms with Gasteiger partial charge in [-0.05, 0) is 17.7 Å². The van der Waals surface area contributed by atoms with Crippen LogP contribution in [0.3, 0.4) is 0 Å². The molecule has 0 saturated heterocycles. The summed E-state index contributed by atoms with van der Waals surface area (Å²) in [6, 6.07) is 8.88. The van der Waals surface area contributed by atoms with Gasteiger partial charge in [0.25, 0.3) is 0 Å². The van der Waals surface area contributed by atoms with Gasteiger partial charge in [0.05, 0.1) is 6.07 Å². The third-order valence-electron chi connectivity index (χ3n) is 2.33. The van der Waals surface area contributed by atoms with E-state index < -0.39 is 11.3 Å². The monoisotopic (exact) mass is 235 g/mol. The second kappa shape index (κ2) is 4.67. The van der Waals surface area contributed by atoms with E-state index in [-0.39, 0.29) is 5.78 Å². The van der Waals surface area contributed by atoms with E-state index in [1.54, 1.807) is 24.3 Å². The number of Topliss-reactive ketones (excluding diaryl/α,β-unsaturated/α-hetero) is 1. The summed E-state index contributed by atoms with van der Waals surface area (Å²) in [4.78, 5) is 12.0. The molecule has 0 bridgehead atoms. The predicted molar refractivity (Wildman–Crippen MR) is 64.3 cm³/mol. The highest BCUT2D eigenvalue weighted by Gasteiger charge is 2.30. The van der Waals surface area contributed by atoms with Crippen LogP contribution in [0.1, 0.15) is 32.3 Å². The molecule has 1 aromatic rings. The number of rotatable bonds is 2. The van der Waals surface area contributed by atoms with Crippen molar-refractivity contribution in [2.75, 3.05) is 0 Å². The normalized spacial score (nSPS) is 12.9. The fourth-order valence-electron chi connectivity index (χ4n) is 1.37. The van der Waals surface area contributed by atoms with Crippen LogP contribution in [0.15, 0.2) is 24.3 Å². The van der Waals surface area contributed by atoms with Crippen LogP contribution in [-0.2, 0) is 4.79 Å². The first-order valence-corrected chi connectivity index (χ1v) is 5.43. The average molecular weight is 236 g/mol. The van der Waals surface area contributed by atoms with Crippen LogP contribution in [0.2, 0.25) is 5.02 Å². The summed E-state index contributed by atoms with van der Waals surface area (Å²) in [6.45, 7) is 5.45. The van der Waals surface area contributed by atoms with Gasteiger partial charge in [0, 0.05) is 10.4 Å². The Bertz CT molecular complexity index is 423. The summed E-state index contributed by atoms with van der Waals surface area (Å²) >= 11 is 5.76. The van der Waals surface area contributed by atoms with Crippen molar-refractivity contribution in [3.63, 3.8) is 0 Å². The molecule has 1 rings (SSSR count). The molecule has 0 aliphatic heterocycles. The lowest BCUT2D eigenvalue weighted by Gasteiger charge is -2.20. The Morgan fingerprint density at radius 1 is 1.31 bits per heavy atom. The number of halogens is 1. The van der Waals surface area contributed by atoms with Gasteiger partial charge in [-0.1, -0.05) is 44.5 Å². The lowest BCUT2D eigenvalue weighted by atomic mass is 9.80. The molecule has 0 fully saturated rings. The summed E-state index contributed by atoms with van der Waals surface area (Å²) in [5.74, 6) is -0.783. The zero-order valence-electron chi connectivity index (χ0n) is 9.62. The van der Waals surface area contributed by atoms with E-state index in [4.69, 9.17) is 16.9 Å². The highest BCUT2D eigenvalue weighted by Crippen LogP contribution is 2.27. The van der Waals surface area contributed by atoms with Gasteiger partial charge in [0.1, 0.15) is 5.92 Å². The zero-order chi connectivity index (χ0) is 12.3. The Morgan fingerprint density at radius 3 is 2.19 bits per heavy atom. The van der Waals surface area contributed by atoms with Gasteiger partial charge in [-0.3, -0.25) is 4.79 Å². The Hall–Kier alpha value is -1.33. The molecule has 84 valence electrons. The van der Waals surface area contributed by atoms with Crippen molar-refractivity contribution in [2.45, 2.75) is 26.7 Å².